The maximum absolute atomic E-state index is 12.6. The number of hydrogen-bond acceptors (Lipinski definition) is 3. The SMILES string of the molecule is COc1ccc(Cl)cc1C(=O)N1CCCC(CCO)C1. The highest BCUT2D eigenvalue weighted by Gasteiger charge is 2.26. The lowest BCUT2D eigenvalue weighted by Gasteiger charge is -2.33. The van der Waals surface area contributed by atoms with Gasteiger partial charge in [0.2, 0.25) is 0 Å². The number of benzene rings is 1. The first-order chi connectivity index (χ1) is 9.65. The van der Waals surface area contributed by atoms with Gasteiger partial charge in [-0.05, 0) is 43.4 Å². The molecule has 2 rings (SSSR count). The van der Waals surface area contributed by atoms with E-state index in [9.17, 15) is 4.79 Å². The Hall–Kier alpha value is -1.26. The number of aliphatic hydroxyl groups excluding tert-OH is 1. The molecule has 0 radical (unpaired) electrons. The van der Waals surface area contributed by atoms with Crippen LogP contribution in [0.5, 0.6) is 5.75 Å². The molecule has 1 aliphatic rings. The highest BCUT2D eigenvalue weighted by molar-refractivity contribution is 6.31. The number of piperidine rings is 1. The molecule has 0 saturated carbocycles. The first kappa shape index (κ1) is 15.1. The molecule has 0 aliphatic carbocycles. The second-order valence-electron chi connectivity index (χ2n) is 5.12. The summed E-state index contributed by atoms with van der Waals surface area (Å²) in [7, 11) is 1.55. The van der Waals surface area contributed by atoms with Crippen molar-refractivity contribution >= 4 is 17.5 Å². The number of carbonyl (C=O) groups is 1. The molecule has 1 fully saturated rings. The number of hydrogen-bond donors (Lipinski definition) is 1. The van der Waals surface area contributed by atoms with Gasteiger partial charge in [-0.15, -0.1) is 0 Å². The molecule has 20 heavy (non-hydrogen) atoms. The molecule has 0 bridgehead atoms. The van der Waals surface area contributed by atoms with Crippen molar-refractivity contribution in [2.24, 2.45) is 5.92 Å². The van der Waals surface area contributed by atoms with Crippen LogP contribution >= 0.6 is 11.6 Å². The van der Waals surface area contributed by atoms with E-state index in [1.165, 1.54) is 0 Å². The zero-order chi connectivity index (χ0) is 14.5. The lowest BCUT2D eigenvalue weighted by molar-refractivity contribution is 0.0650. The summed E-state index contributed by atoms with van der Waals surface area (Å²) in [4.78, 5) is 14.4. The molecule has 5 heteroatoms. The van der Waals surface area contributed by atoms with Crippen LogP contribution in [0.2, 0.25) is 5.02 Å². The zero-order valence-electron chi connectivity index (χ0n) is 11.6. The van der Waals surface area contributed by atoms with Gasteiger partial charge < -0.3 is 14.7 Å². The number of nitrogens with zero attached hydrogens (tertiary/aromatic N) is 1. The van der Waals surface area contributed by atoms with Gasteiger partial charge in [-0.25, -0.2) is 0 Å². The molecule has 0 aromatic heterocycles. The molecule has 1 saturated heterocycles. The van der Waals surface area contributed by atoms with Gasteiger partial charge in [-0.1, -0.05) is 11.6 Å². The average molecular weight is 298 g/mol. The molecular formula is C15H20ClNO3. The Labute approximate surface area is 124 Å². The molecule has 1 unspecified atom stereocenters. The molecule has 1 amide bonds. The number of carbonyl (C=O) groups excluding carboxylic acids is 1. The van der Waals surface area contributed by atoms with Gasteiger partial charge in [0.15, 0.2) is 0 Å². The van der Waals surface area contributed by atoms with Crippen LogP contribution in [-0.2, 0) is 0 Å². The second-order valence-corrected chi connectivity index (χ2v) is 5.55. The maximum Gasteiger partial charge on any atom is 0.257 e. The summed E-state index contributed by atoms with van der Waals surface area (Å²) in [6, 6.07) is 5.07. The van der Waals surface area contributed by atoms with Gasteiger partial charge in [-0.3, -0.25) is 4.79 Å². The number of methoxy groups -OCH3 is 1. The van der Waals surface area contributed by atoms with E-state index < -0.39 is 0 Å². The van der Waals surface area contributed by atoms with E-state index in [1.54, 1.807) is 25.3 Å². The third-order valence-corrected chi connectivity index (χ3v) is 3.97. The summed E-state index contributed by atoms with van der Waals surface area (Å²) in [5, 5.41) is 9.56. The monoisotopic (exact) mass is 297 g/mol. The Balaban J connectivity index is 2.16. The van der Waals surface area contributed by atoms with Gasteiger partial charge in [-0.2, -0.15) is 0 Å². The average Bonchev–Trinajstić information content (AvgIpc) is 2.47. The number of aliphatic hydroxyl groups is 1. The lowest BCUT2D eigenvalue weighted by atomic mass is 9.94. The summed E-state index contributed by atoms with van der Waals surface area (Å²) in [5.74, 6) is 0.874. The largest absolute Gasteiger partial charge is 0.496 e. The van der Waals surface area contributed by atoms with Crippen LogP contribution in [0.4, 0.5) is 0 Å². The minimum absolute atomic E-state index is 0.0491. The van der Waals surface area contributed by atoms with Crippen molar-refractivity contribution in [3.05, 3.63) is 28.8 Å². The topological polar surface area (TPSA) is 49.8 Å². The van der Waals surface area contributed by atoms with Crippen molar-refractivity contribution in [2.75, 3.05) is 26.8 Å². The van der Waals surface area contributed by atoms with Crippen LogP contribution in [-0.4, -0.2) is 42.7 Å². The van der Waals surface area contributed by atoms with Crippen molar-refractivity contribution in [2.45, 2.75) is 19.3 Å². The number of halogens is 1. The van der Waals surface area contributed by atoms with E-state index in [1.807, 2.05) is 4.90 Å². The fourth-order valence-electron chi connectivity index (χ4n) is 2.69. The lowest BCUT2D eigenvalue weighted by Crippen LogP contribution is -2.40. The summed E-state index contributed by atoms with van der Waals surface area (Å²) >= 11 is 5.98. The van der Waals surface area contributed by atoms with Crippen molar-refractivity contribution < 1.29 is 14.6 Å². The number of amides is 1. The Morgan fingerprint density at radius 3 is 3.05 bits per heavy atom. The third kappa shape index (κ3) is 3.44. The predicted octanol–water partition coefficient (Wildman–Crippen LogP) is 2.58. The first-order valence-corrected chi connectivity index (χ1v) is 7.27. The van der Waals surface area contributed by atoms with Crippen LogP contribution in [0.15, 0.2) is 18.2 Å². The molecule has 4 nitrogen and oxygen atoms in total. The normalized spacial score (nSPS) is 18.9. The van der Waals surface area contributed by atoms with Crippen LogP contribution in [0.3, 0.4) is 0 Å². The quantitative estimate of drug-likeness (QED) is 0.929. The van der Waals surface area contributed by atoms with Gasteiger partial charge in [0.05, 0.1) is 12.7 Å². The summed E-state index contributed by atoms with van der Waals surface area (Å²) in [5.41, 5.74) is 0.504. The molecule has 1 heterocycles. The van der Waals surface area contributed by atoms with Crippen molar-refractivity contribution in [1.82, 2.24) is 4.90 Å². The number of ether oxygens (including phenoxy) is 1. The van der Waals surface area contributed by atoms with E-state index in [0.717, 1.165) is 25.8 Å². The smallest absolute Gasteiger partial charge is 0.257 e. The van der Waals surface area contributed by atoms with Crippen LogP contribution in [0.1, 0.15) is 29.6 Å². The predicted molar refractivity (Wildman–Crippen MR) is 78.3 cm³/mol. The Bertz CT molecular complexity index is 476. The summed E-state index contributed by atoms with van der Waals surface area (Å²) in [6.07, 6.45) is 2.78. The van der Waals surface area contributed by atoms with Crippen LogP contribution in [0.25, 0.3) is 0 Å². The van der Waals surface area contributed by atoms with Crippen molar-refractivity contribution in [3.63, 3.8) is 0 Å². The number of likely N-dealkylation sites (tertiary alicyclic amines) is 1. The fraction of sp³-hybridized carbons (Fsp3) is 0.533. The molecule has 0 spiro atoms. The molecular weight excluding hydrogens is 278 g/mol. The van der Waals surface area contributed by atoms with E-state index in [2.05, 4.69) is 0 Å². The van der Waals surface area contributed by atoms with E-state index in [-0.39, 0.29) is 12.5 Å². The van der Waals surface area contributed by atoms with Crippen molar-refractivity contribution in [3.8, 4) is 5.75 Å². The molecule has 1 atom stereocenters. The van der Waals surface area contributed by atoms with Gasteiger partial charge in [0, 0.05) is 24.7 Å². The van der Waals surface area contributed by atoms with Gasteiger partial charge in [0.1, 0.15) is 5.75 Å². The maximum atomic E-state index is 12.6. The molecule has 1 aromatic carbocycles. The highest BCUT2D eigenvalue weighted by atomic mass is 35.5. The third-order valence-electron chi connectivity index (χ3n) is 3.74. The van der Waals surface area contributed by atoms with Crippen LogP contribution < -0.4 is 4.74 Å². The standard InChI is InChI=1S/C15H20ClNO3/c1-20-14-5-4-12(16)9-13(14)15(19)17-7-2-3-11(10-17)6-8-18/h4-5,9,11,18H,2-3,6-8,10H2,1H3. The molecule has 110 valence electrons. The minimum atomic E-state index is -0.0491. The molecule has 1 aromatic rings. The zero-order valence-corrected chi connectivity index (χ0v) is 12.4. The molecule has 1 N–H and O–H groups in total. The summed E-state index contributed by atoms with van der Waals surface area (Å²) in [6.45, 7) is 1.61. The highest BCUT2D eigenvalue weighted by Crippen LogP contribution is 2.27. The Morgan fingerprint density at radius 2 is 2.35 bits per heavy atom. The van der Waals surface area contributed by atoms with Crippen molar-refractivity contribution in [1.29, 1.82) is 0 Å². The van der Waals surface area contributed by atoms with Crippen LogP contribution in [0, 0.1) is 5.92 Å². The Morgan fingerprint density at radius 1 is 1.55 bits per heavy atom. The first-order valence-electron chi connectivity index (χ1n) is 6.89. The second kappa shape index (κ2) is 6.95. The molecule has 1 aliphatic heterocycles. The Kier molecular flexibility index (Phi) is 5.26. The number of rotatable bonds is 4. The fourth-order valence-corrected chi connectivity index (χ4v) is 2.86. The summed E-state index contributed by atoms with van der Waals surface area (Å²) < 4.78 is 5.24. The van der Waals surface area contributed by atoms with E-state index in [0.29, 0.717) is 28.8 Å². The van der Waals surface area contributed by atoms with Gasteiger partial charge in [0.25, 0.3) is 5.91 Å². The van der Waals surface area contributed by atoms with E-state index in [4.69, 9.17) is 21.4 Å². The van der Waals surface area contributed by atoms with Gasteiger partial charge >= 0.3 is 0 Å². The van der Waals surface area contributed by atoms with E-state index >= 15 is 0 Å². The minimum Gasteiger partial charge on any atom is -0.496 e.